The predicted octanol–water partition coefficient (Wildman–Crippen LogP) is 3.00. The van der Waals surface area contributed by atoms with Crippen LogP contribution in [0.25, 0.3) is 0 Å². The van der Waals surface area contributed by atoms with Crippen molar-refractivity contribution in [1.82, 2.24) is 10.2 Å². The first-order chi connectivity index (χ1) is 9.21. The van der Waals surface area contributed by atoms with Crippen molar-refractivity contribution in [2.45, 2.75) is 82.8 Å². The highest BCUT2D eigenvalue weighted by atomic mass is 32.2. The molecule has 1 heterocycles. The van der Waals surface area contributed by atoms with E-state index in [1.54, 1.807) is 0 Å². The van der Waals surface area contributed by atoms with E-state index in [-0.39, 0.29) is 12.2 Å². The third kappa shape index (κ3) is 3.27. The van der Waals surface area contributed by atoms with E-state index in [1.165, 1.54) is 25.0 Å². The van der Waals surface area contributed by atoms with Crippen molar-refractivity contribution >= 4 is 17.7 Å². The Bertz CT molecular complexity index is 311. The molecule has 2 fully saturated rings. The number of nitrogens with zero attached hydrogens (tertiary/aromatic N) is 1. The maximum atomic E-state index is 12.5. The van der Waals surface area contributed by atoms with Crippen LogP contribution in [0.4, 0.5) is 0 Å². The van der Waals surface area contributed by atoms with E-state index < -0.39 is 0 Å². The second kappa shape index (κ2) is 6.98. The Morgan fingerprint density at radius 3 is 2.74 bits per heavy atom. The molecule has 3 nitrogen and oxygen atoms in total. The van der Waals surface area contributed by atoms with E-state index in [0.717, 1.165) is 24.5 Å². The van der Waals surface area contributed by atoms with Crippen molar-refractivity contribution in [2.75, 3.05) is 5.75 Å². The number of thioether (sulfide) groups is 1. The van der Waals surface area contributed by atoms with Crippen LogP contribution < -0.4 is 5.32 Å². The van der Waals surface area contributed by atoms with Crippen molar-refractivity contribution in [3.05, 3.63) is 0 Å². The second-order valence-corrected chi connectivity index (χ2v) is 7.30. The fourth-order valence-corrected chi connectivity index (χ4v) is 4.63. The smallest absolute Gasteiger partial charge is 0.241 e. The SMILES string of the molecule is CCCC1NC(CC)C(=O)N1C1CCC(SCC)C1. The van der Waals surface area contributed by atoms with E-state index in [9.17, 15) is 4.79 Å². The number of carbonyl (C=O) groups excluding carboxylic acids is 1. The lowest BCUT2D eigenvalue weighted by molar-refractivity contribution is -0.132. The first-order valence-electron chi connectivity index (χ1n) is 7.91. The summed E-state index contributed by atoms with van der Waals surface area (Å²) in [7, 11) is 0. The van der Waals surface area contributed by atoms with Gasteiger partial charge in [-0.2, -0.15) is 11.8 Å². The number of nitrogens with one attached hydrogen (secondary N) is 1. The molecule has 4 heteroatoms. The summed E-state index contributed by atoms with van der Waals surface area (Å²) in [5, 5.41) is 4.30. The van der Waals surface area contributed by atoms with Crippen LogP contribution in [0.5, 0.6) is 0 Å². The number of hydrogen-bond donors (Lipinski definition) is 1. The first-order valence-corrected chi connectivity index (χ1v) is 8.95. The molecule has 4 unspecified atom stereocenters. The zero-order valence-corrected chi connectivity index (χ0v) is 13.3. The van der Waals surface area contributed by atoms with E-state index in [1.807, 2.05) is 0 Å². The molecule has 19 heavy (non-hydrogen) atoms. The molecule has 1 saturated heterocycles. The second-order valence-electron chi connectivity index (χ2n) is 5.72. The lowest BCUT2D eigenvalue weighted by Crippen LogP contribution is -2.43. The van der Waals surface area contributed by atoms with Crippen LogP contribution in [0.3, 0.4) is 0 Å². The molecular formula is C15H28N2OS. The Morgan fingerprint density at radius 1 is 1.32 bits per heavy atom. The van der Waals surface area contributed by atoms with Gasteiger partial charge < -0.3 is 4.90 Å². The quantitative estimate of drug-likeness (QED) is 0.814. The van der Waals surface area contributed by atoms with Gasteiger partial charge in [0.15, 0.2) is 0 Å². The Labute approximate surface area is 121 Å². The molecule has 0 aromatic heterocycles. The minimum atomic E-state index is 0.0643. The minimum absolute atomic E-state index is 0.0643. The van der Waals surface area contributed by atoms with E-state index in [2.05, 4.69) is 42.7 Å². The fraction of sp³-hybridized carbons (Fsp3) is 0.933. The third-order valence-corrected chi connectivity index (χ3v) is 5.64. The summed E-state index contributed by atoms with van der Waals surface area (Å²) < 4.78 is 0. The molecule has 0 aromatic carbocycles. The van der Waals surface area contributed by atoms with Gasteiger partial charge >= 0.3 is 0 Å². The predicted molar refractivity (Wildman–Crippen MR) is 82.3 cm³/mol. The molecule has 2 aliphatic rings. The summed E-state index contributed by atoms with van der Waals surface area (Å²) >= 11 is 2.07. The van der Waals surface area contributed by atoms with E-state index in [4.69, 9.17) is 0 Å². The van der Waals surface area contributed by atoms with Crippen LogP contribution in [0.15, 0.2) is 0 Å². The number of amides is 1. The first kappa shape index (κ1) is 15.2. The van der Waals surface area contributed by atoms with Crippen molar-refractivity contribution in [3.8, 4) is 0 Å². The molecule has 2 rings (SSSR count). The molecule has 1 amide bonds. The van der Waals surface area contributed by atoms with Gasteiger partial charge in [-0.05, 0) is 37.9 Å². The standard InChI is InChI=1S/C15H28N2OS/c1-4-7-14-16-13(5-2)15(18)17(14)11-8-9-12(10-11)19-6-3/h11-14,16H,4-10H2,1-3H3. The molecule has 1 saturated carbocycles. The Balaban J connectivity index is 2.01. The third-order valence-electron chi connectivity index (χ3n) is 4.40. The van der Waals surface area contributed by atoms with Gasteiger partial charge in [0.25, 0.3) is 0 Å². The molecule has 110 valence electrons. The van der Waals surface area contributed by atoms with Crippen molar-refractivity contribution < 1.29 is 4.79 Å². The highest BCUT2D eigenvalue weighted by Gasteiger charge is 2.43. The normalized spacial score (nSPS) is 35.3. The fourth-order valence-electron chi connectivity index (χ4n) is 3.50. The maximum Gasteiger partial charge on any atom is 0.241 e. The molecule has 1 aliphatic carbocycles. The van der Waals surface area contributed by atoms with Crippen LogP contribution in [0, 0.1) is 0 Å². The molecule has 1 N–H and O–H groups in total. The summed E-state index contributed by atoms with van der Waals surface area (Å²) in [6.45, 7) is 6.54. The zero-order valence-electron chi connectivity index (χ0n) is 12.5. The molecular weight excluding hydrogens is 256 g/mol. The topological polar surface area (TPSA) is 32.3 Å². The van der Waals surface area contributed by atoms with Gasteiger partial charge in [0.2, 0.25) is 5.91 Å². The Hall–Kier alpha value is -0.220. The van der Waals surface area contributed by atoms with E-state index >= 15 is 0 Å². The van der Waals surface area contributed by atoms with Crippen LogP contribution in [0.2, 0.25) is 0 Å². The molecule has 0 spiro atoms. The van der Waals surface area contributed by atoms with Crippen molar-refractivity contribution in [2.24, 2.45) is 0 Å². The number of hydrogen-bond acceptors (Lipinski definition) is 3. The lowest BCUT2D eigenvalue weighted by Gasteiger charge is -2.30. The highest BCUT2D eigenvalue weighted by molar-refractivity contribution is 7.99. The van der Waals surface area contributed by atoms with Gasteiger partial charge in [-0.25, -0.2) is 0 Å². The molecule has 0 aromatic rings. The van der Waals surface area contributed by atoms with Gasteiger partial charge in [-0.15, -0.1) is 0 Å². The summed E-state index contributed by atoms with van der Waals surface area (Å²) in [5.41, 5.74) is 0. The summed E-state index contributed by atoms with van der Waals surface area (Å²) in [4.78, 5) is 14.7. The number of rotatable bonds is 6. The van der Waals surface area contributed by atoms with Crippen molar-refractivity contribution in [3.63, 3.8) is 0 Å². The molecule has 0 bridgehead atoms. The van der Waals surface area contributed by atoms with Gasteiger partial charge in [0.05, 0.1) is 12.2 Å². The molecule has 4 atom stereocenters. The average Bonchev–Trinajstić information content (AvgIpc) is 2.95. The van der Waals surface area contributed by atoms with Crippen LogP contribution in [-0.4, -0.2) is 40.1 Å². The molecule has 1 aliphatic heterocycles. The van der Waals surface area contributed by atoms with Gasteiger partial charge in [-0.3, -0.25) is 10.1 Å². The largest absolute Gasteiger partial charge is 0.323 e. The highest BCUT2D eigenvalue weighted by Crippen LogP contribution is 2.35. The average molecular weight is 284 g/mol. The Kier molecular flexibility index (Phi) is 5.58. The monoisotopic (exact) mass is 284 g/mol. The Morgan fingerprint density at radius 2 is 2.11 bits per heavy atom. The van der Waals surface area contributed by atoms with Gasteiger partial charge in [0.1, 0.15) is 0 Å². The van der Waals surface area contributed by atoms with Crippen LogP contribution in [0.1, 0.15) is 59.3 Å². The lowest BCUT2D eigenvalue weighted by atomic mass is 10.1. The zero-order chi connectivity index (χ0) is 13.8. The minimum Gasteiger partial charge on any atom is -0.323 e. The van der Waals surface area contributed by atoms with E-state index in [0.29, 0.717) is 11.9 Å². The summed E-state index contributed by atoms with van der Waals surface area (Å²) in [6, 6.07) is 0.548. The maximum absolute atomic E-state index is 12.5. The molecule has 0 radical (unpaired) electrons. The van der Waals surface area contributed by atoms with Crippen LogP contribution >= 0.6 is 11.8 Å². The van der Waals surface area contributed by atoms with Gasteiger partial charge in [-0.1, -0.05) is 27.2 Å². The number of carbonyl (C=O) groups is 1. The van der Waals surface area contributed by atoms with Crippen LogP contribution in [-0.2, 0) is 4.79 Å². The van der Waals surface area contributed by atoms with Crippen molar-refractivity contribution in [1.29, 1.82) is 0 Å². The van der Waals surface area contributed by atoms with Gasteiger partial charge in [0, 0.05) is 11.3 Å². The summed E-state index contributed by atoms with van der Waals surface area (Å²) in [5.74, 6) is 1.55. The summed E-state index contributed by atoms with van der Waals surface area (Å²) in [6.07, 6.45) is 7.10.